The highest BCUT2D eigenvalue weighted by molar-refractivity contribution is 5.54. The molecule has 156 valence electrons. The summed E-state index contributed by atoms with van der Waals surface area (Å²) in [4.78, 5) is 8.32. The first-order chi connectivity index (χ1) is 14.8. The summed E-state index contributed by atoms with van der Waals surface area (Å²) in [5.41, 5.74) is 4.05. The molecule has 7 nitrogen and oxygen atoms in total. The quantitative estimate of drug-likeness (QED) is 0.478. The number of alkyl halides is 3. The zero-order chi connectivity index (χ0) is 22.0. The molecule has 0 unspecified atom stereocenters. The van der Waals surface area contributed by atoms with Crippen molar-refractivity contribution in [1.29, 1.82) is 5.26 Å². The summed E-state index contributed by atoms with van der Waals surface area (Å²) in [7, 11) is 0. The van der Waals surface area contributed by atoms with Crippen molar-refractivity contribution in [3.05, 3.63) is 78.1 Å². The molecular formula is C21H15F3N6O. The Labute approximate surface area is 175 Å². The van der Waals surface area contributed by atoms with Crippen molar-refractivity contribution in [2.45, 2.75) is 19.8 Å². The Balaban J connectivity index is 1.53. The number of nitriles is 1. The van der Waals surface area contributed by atoms with E-state index in [4.69, 9.17) is 5.26 Å². The zero-order valence-corrected chi connectivity index (χ0v) is 16.2. The molecule has 0 saturated heterocycles. The second kappa shape index (κ2) is 7.95. The van der Waals surface area contributed by atoms with E-state index in [1.54, 1.807) is 34.0 Å². The molecular weight excluding hydrogens is 409 g/mol. The van der Waals surface area contributed by atoms with Crippen LogP contribution in [0.5, 0.6) is 5.75 Å². The molecule has 4 rings (SSSR count). The third-order valence-corrected chi connectivity index (χ3v) is 4.47. The fraction of sp³-hybridized carbons (Fsp3) is 0.143. The van der Waals surface area contributed by atoms with Gasteiger partial charge in [-0.1, -0.05) is 0 Å². The van der Waals surface area contributed by atoms with Crippen LogP contribution in [0.3, 0.4) is 0 Å². The number of ether oxygens (including phenoxy) is 1. The fourth-order valence-electron chi connectivity index (χ4n) is 3.02. The minimum absolute atomic E-state index is 0.290. The van der Waals surface area contributed by atoms with Crippen LogP contribution in [0.2, 0.25) is 0 Å². The Morgan fingerprint density at radius 2 is 1.84 bits per heavy atom. The van der Waals surface area contributed by atoms with Gasteiger partial charge in [-0.3, -0.25) is 4.68 Å². The number of nitrogens with zero attached hydrogens (tertiary/aromatic N) is 6. The lowest BCUT2D eigenvalue weighted by Gasteiger charge is -2.09. The van der Waals surface area contributed by atoms with Gasteiger partial charge >= 0.3 is 6.36 Å². The molecule has 0 bridgehead atoms. The molecule has 1 aromatic carbocycles. The molecule has 0 N–H and O–H groups in total. The van der Waals surface area contributed by atoms with Gasteiger partial charge in [0.15, 0.2) is 0 Å². The van der Waals surface area contributed by atoms with E-state index in [2.05, 4.69) is 19.8 Å². The standard InChI is InChI=1S/C21H15F3N6O/c1-14-8-19(28-30(14)11-15-6-7-26-16(9-15)10-25)20-12-29(13-27-20)17-2-4-18(5-3-17)31-21(22,23)24/h2-9,12-13H,11H2,1H3. The summed E-state index contributed by atoms with van der Waals surface area (Å²) in [6, 6.07) is 12.9. The van der Waals surface area contributed by atoms with Crippen LogP contribution in [0, 0.1) is 18.3 Å². The molecule has 0 aliphatic rings. The maximum atomic E-state index is 12.3. The average Bonchev–Trinajstić information content (AvgIpc) is 3.35. The number of aromatic nitrogens is 5. The number of imidazole rings is 1. The van der Waals surface area contributed by atoms with Gasteiger partial charge in [-0.2, -0.15) is 10.4 Å². The number of aryl methyl sites for hydroxylation is 1. The number of hydrogen-bond donors (Lipinski definition) is 0. The summed E-state index contributed by atoms with van der Waals surface area (Å²) in [6.45, 7) is 2.39. The SMILES string of the molecule is Cc1cc(-c2cn(-c3ccc(OC(F)(F)F)cc3)cn2)nn1Cc1ccnc(C#N)c1. The van der Waals surface area contributed by atoms with Crippen LogP contribution in [-0.2, 0) is 6.54 Å². The number of halogens is 3. The normalized spacial score (nSPS) is 11.3. The van der Waals surface area contributed by atoms with Crippen molar-refractivity contribution in [3.63, 3.8) is 0 Å². The topological polar surface area (TPSA) is 81.5 Å². The average molecular weight is 424 g/mol. The minimum Gasteiger partial charge on any atom is -0.406 e. The van der Waals surface area contributed by atoms with E-state index in [1.165, 1.54) is 24.3 Å². The minimum atomic E-state index is -4.73. The third kappa shape index (κ3) is 4.72. The van der Waals surface area contributed by atoms with Crippen molar-refractivity contribution in [3.8, 4) is 28.9 Å². The molecule has 10 heteroatoms. The molecule has 0 radical (unpaired) electrons. The Morgan fingerprint density at radius 3 is 2.55 bits per heavy atom. The van der Waals surface area contributed by atoms with Gasteiger partial charge in [-0.05, 0) is 55.0 Å². The summed E-state index contributed by atoms with van der Waals surface area (Å²) in [5.74, 6) is -0.290. The number of rotatable bonds is 5. The Morgan fingerprint density at radius 1 is 1.06 bits per heavy atom. The van der Waals surface area contributed by atoms with Crippen LogP contribution in [-0.4, -0.2) is 30.7 Å². The highest BCUT2D eigenvalue weighted by Crippen LogP contribution is 2.25. The molecule has 0 atom stereocenters. The van der Waals surface area contributed by atoms with E-state index >= 15 is 0 Å². The van der Waals surface area contributed by atoms with E-state index in [0.29, 0.717) is 29.3 Å². The van der Waals surface area contributed by atoms with Crippen LogP contribution >= 0.6 is 0 Å². The third-order valence-electron chi connectivity index (χ3n) is 4.47. The Bertz CT molecular complexity index is 1250. The number of benzene rings is 1. The van der Waals surface area contributed by atoms with Crippen molar-refractivity contribution in [2.75, 3.05) is 0 Å². The van der Waals surface area contributed by atoms with Gasteiger partial charge in [0.1, 0.15) is 28.9 Å². The lowest BCUT2D eigenvalue weighted by molar-refractivity contribution is -0.274. The van der Waals surface area contributed by atoms with Crippen molar-refractivity contribution in [1.82, 2.24) is 24.3 Å². The fourth-order valence-corrected chi connectivity index (χ4v) is 3.02. The van der Waals surface area contributed by atoms with Gasteiger partial charge in [-0.25, -0.2) is 9.97 Å². The summed E-state index contributed by atoms with van der Waals surface area (Å²) in [6.07, 6.45) is 0.157. The van der Waals surface area contributed by atoms with Crippen molar-refractivity contribution in [2.24, 2.45) is 0 Å². The second-order valence-corrected chi connectivity index (χ2v) is 6.70. The van der Waals surface area contributed by atoms with Crippen LogP contribution in [0.1, 0.15) is 17.0 Å². The van der Waals surface area contributed by atoms with E-state index in [0.717, 1.165) is 11.3 Å². The maximum Gasteiger partial charge on any atom is 0.573 e. The van der Waals surface area contributed by atoms with Gasteiger partial charge in [0.05, 0.1) is 12.9 Å². The molecule has 0 aliphatic carbocycles. The summed E-state index contributed by atoms with van der Waals surface area (Å²) >= 11 is 0. The highest BCUT2D eigenvalue weighted by atomic mass is 19.4. The lowest BCUT2D eigenvalue weighted by atomic mass is 10.2. The molecule has 0 saturated carbocycles. The summed E-state index contributed by atoms with van der Waals surface area (Å²) in [5, 5.41) is 13.6. The van der Waals surface area contributed by atoms with Crippen LogP contribution in [0.4, 0.5) is 13.2 Å². The predicted molar refractivity (Wildman–Crippen MR) is 104 cm³/mol. The lowest BCUT2D eigenvalue weighted by Crippen LogP contribution is -2.17. The van der Waals surface area contributed by atoms with Gasteiger partial charge in [0, 0.05) is 23.8 Å². The van der Waals surface area contributed by atoms with Gasteiger partial charge in [0.25, 0.3) is 0 Å². The van der Waals surface area contributed by atoms with Crippen LogP contribution < -0.4 is 4.74 Å². The van der Waals surface area contributed by atoms with Gasteiger partial charge in [0.2, 0.25) is 0 Å². The molecule has 0 spiro atoms. The molecule has 0 amide bonds. The second-order valence-electron chi connectivity index (χ2n) is 6.70. The Hall–Kier alpha value is -4.13. The van der Waals surface area contributed by atoms with E-state index in [1.807, 2.05) is 25.1 Å². The highest BCUT2D eigenvalue weighted by Gasteiger charge is 2.31. The molecule has 3 aromatic heterocycles. The van der Waals surface area contributed by atoms with Crippen LogP contribution in [0.25, 0.3) is 17.1 Å². The zero-order valence-electron chi connectivity index (χ0n) is 16.2. The molecule has 0 aliphatic heterocycles. The van der Waals surface area contributed by atoms with Gasteiger partial charge in [-0.15, -0.1) is 13.2 Å². The first-order valence-corrected chi connectivity index (χ1v) is 9.11. The smallest absolute Gasteiger partial charge is 0.406 e. The maximum absolute atomic E-state index is 12.3. The van der Waals surface area contributed by atoms with Crippen molar-refractivity contribution >= 4 is 0 Å². The Kier molecular flexibility index (Phi) is 5.17. The molecule has 3 heterocycles. The number of hydrogen-bond acceptors (Lipinski definition) is 5. The van der Waals surface area contributed by atoms with E-state index in [9.17, 15) is 13.2 Å². The molecule has 31 heavy (non-hydrogen) atoms. The monoisotopic (exact) mass is 424 g/mol. The predicted octanol–water partition coefficient (Wildman–Crippen LogP) is 4.26. The largest absolute Gasteiger partial charge is 0.573 e. The van der Waals surface area contributed by atoms with Gasteiger partial charge < -0.3 is 9.30 Å². The van der Waals surface area contributed by atoms with Crippen molar-refractivity contribution < 1.29 is 17.9 Å². The van der Waals surface area contributed by atoms with Crippen LogP contribution in [0.15, 0.2) is 61.2 Å². The summed E-state index contributed by atoms with van der Waals surface area (Å²) < 4.78 is 44.3. The van der Waals surface area contributed by atoms with E-state index in [-0.39, 0.29) is 5.75 Å². The molecule has 0 fully saturated rings. The molecule has 4 aromatic rings. The first-order valence-electron chi connectivity index (χ1n) is 9.11. The first kappa shape index (κ1) is 20.2. The van der Waals surface area contributed by atoms with E-state index < -0.39 is 6.36 Å². The number of pyridine rings is 1.